The van der Waals surface area contributed by atoms with Crippen molar-refractivity contribution < 1.29 is 25.9 Å². The topological polar surface area (TPSA) is 62.0 Å². The molecule has 3 aliphatic heterocycles. The zero-order chi connectivity index (χ0) is 27.3. The van der Waals surface area contributed by atoms with Gasteiger partial charge in [0.1, 0.15) is 0 Å². The fourth-order valence-electron chi connectivity index (χ4n) is 7.90. The van der Waals surface area contributed by atoms with Gasteiger partial charge in [-0.25, -0.2) is 0 Å². The maximum atomic E-state index is 7.34. The Bertz CT molecular complexity index is 990. The van der Waals surface area contributed by atoms with E-state index in [-0.39, 0.29) is 0 Å². The fourth-order valence-corrected chi connectivity index (χ4v) is 28.9. The number of ether oxygens (including phenoxy) is 2. The van der Waals surface area contributed by atoms with E-state index in [0.29, 0.717) is 30.3 Å². The van der Waals surface area contributed by atoms with Gasteiger partial charge in [0.05, 0.1) is 24.4 Å². The largest absolute Gasteiger partial charge is 0.418 e. The second-order valence-electron chi connectivity index (χ2n) is 13.8. The summed E-state index contributed by atoms with van der Waals surface area (Å²) in [6.45, 7) is 11.5. The number of fused-ring (bicyclic) bond motifs is 2. The molecule has 6 nitrogen and oxygen atoms in total. The summed E-state index contributed by atoms with van der Waals surface area (Å²) in [4.78, 5) is 0. The SMILES string of the molecule is CC(C[Si]1(C)O[SiH](C)O[Si](C)(CCC2CCC3OC3C2)O[Si](C)(CCC2CCC3OC3C2)O1)c1ccccc1. The Morgan fingerprint density at radius 1 is 0.744 bits per heavy atom. The maximum Gasteiger partial charge on any atom is 0.317 e. The Kier molecular flexibility index (Phi) is 8.53. The predicted molar refractivity (Wildman–Crippen MR) is 163 cm³/mol. The summed E-state index contributed by atoms with van der Waals surface area (Å²) in [7, 11) is -9.41. The Labute approximate surface area is 241 Å². The molecule has 0 aromatic heterocycles. The van der Waals surface area contributed by atoms with E-state index < -0.39 is 35.0 Å². The Balaban J connectivity index is 1.17. The van der Waals surface area contributed by atoms with Crippen molar-refractivity contribution >= 4 is 35.0 Å². The van der Waals surface area contributed by atoms with E-state index in [1.54, 1.807) is 0 Å². The molecule has 0 N–H and O–H groups in total. The second kappa shape index (κ2) is 11.5. The van der Waals surface area contributed by atoms with E-state index in [1.807, 2.05) is 0 Å². The van der Waals surface area contributed by atoms with Crippen LogP contribution in [0.25, 0.3) is 0 Å². The van der Waals surface area contributed by atoms with Crippen LogP contribution < -0.4 is 0 Å². The summed E-state index contributed by atoms with van der Waals surface area (Å²) in [5.41, 5.74) is 1.36. The minimum absolute atomic E-state index is 0.382. The average molecular weight is 607 g/mol. The fraction of sp³-hybridized carbons (Fsp3) is 0.793. The molecule has 3 saturated heterocycles. The minimum Gasteiger partial charge on any atom is -0.418 e. The molecule has 0 radical (unpaired) electrons. The highest BCUT2D eigenvalue weighted by molar-refractivity contribution is 6.90. The number of benzene rings is 1. The monoisotopic (exact) mass is 606 g/mol. The van der Waals surface area contributed by atoms with Crippen molar-refractivity contribution in [1.82, 2.24) is 0 Å². The van der Waals surface area contributed by atoms with E-state index in [9.17, 15) is 0 Å². The van der Waals surface area contributed by atoms with Crippen molar-refractivity contribution in [3.8, 4) is 0 Å². The van der Waals surface area contributed by atoms with Gasteiger partial charge < -0.3 is 25.9 Å². The summed E-state index contributed by atoms with van der Waals surface area (Å²) in [6, 6.07) is 13.8. The molecule has 11 unspecified atom stereocenters. The van der Waals surface area contributed by atoms with Crippen molar-refractivity contribution in [1.29, 1.82) is 0 Å². The summed E-state index contributed by atoms with van der Waals surface area (Å²) in [6.07, 6.45) is 12.0. The van der Waals surface area contributed by atoms with E-state index >= 15 is 0 Å². The Hall–Kier alpha value is -0.152. The predicted octanol–water partition coefficient (Wildman–Crippen LogP) is 6.85. The van der Waals surface area contributed by atoms with Crippen LogP contribution in [0.15, 0.2) is 30.3 Å². The van der Waals surface area contributed by atoms with Gasteiger partial charge in [-0.05, 0) is 119 Å². The lowest BCUT2D eigenvalue weighted by Gasteiger charge is -2.47. The number of hydrogen-bond acceptors (Lipinski definition) is 6. The molecule has 1 aromatic carbocycles. The lowest BCUT2D eigenvalue weighted by atomic mass is 9.88. The van der Waals surface area contributed by atoms with Crippen LogP contribution in [0, 0.1) is 11.8 Å². The highest BCUT2D eigenvalue weighted by atomic mass is 28.5. The van der Waals surface area contributed by atoms with Crippen molar-refractivity contribution in [2.24, 2.45) is 11.8 Å². The Morgan fingerprint density at radius 2 is 1.28 bits per heavy atom. The van der Waals surface area contributed by atoms with Gasteiger partial charge >= 0.3 is 35.0 Å². The van der Waals surface area contributed by atoms with Crippen molar-refractivity contribution in [3.05, 3.63) is 35.9 Å². The third-order valence-corrected chi connectivity index (χ3v) is 27.3. The smallest absolute Gasteiger partial charge is 0.317 e. The van der Waals surface area contributed by atoms with Gasteiger partial charge in [0.25, 0.3) is 0 Å². The number of epoxide rings is 2. The molecule has 0 bridgehead atoms. The third-order valence-electron chi connectivity index (χ3n) is 9.98. The van der Waals surface area contributed by atoms with E-state index in [1.165, 1.54) is 56.9 Å². The summed E-state index contributed by atoms with van der Waals surface area (Å²) < 4.78 is 40.3. The van der Waals surface area contributed by atoms with Crippen LogP contribution in [-0.4, -0.2) is 59.4 Å². The lowest BCUT2D eigenvalue weighted by Crippen LogP contribution is -2.63. The lowest BCUT2D eigenvalue weighted by molar-refractivity contribution is 0.230. The quantitative estimate of drug-likeness (QED) is 0.226. The van der Waals surface area contributed by atoms with Gasteiger partial charge in [-0.3, -0.25) is 0 Å². The Morgan fingerprint density at radius 3 is 1.87 bits per heavy atom. The highest BCUT2D eigenvalue weighted by Crippen LogP contribution is 2.45. The van der Waals surface area contributed by atoms with Gasteiger partial charge in [-0.1, -0.05) is 37.3 Å². The molecule has 6 rings (SSSR count). The van der Waals surface area contributed by atoms with Gasteiger partial charge in [0, 0.05) is 0 Å². The second-order valence-corrected chi connectivity index (χ2v) is 26.7. The molecule has 0 amide bonds. The van der Waals surface area contributed by atoms with Crippen LogP contribution in [-0.2, 0) is 25.9 Å². The van der Waals surface area contributed by atoms with Crippen molar-refractivity contribution in [2.45, 2.75) is 133 Å². The molecule has 11 atom stereocenters. The number of hydrogen-bond donors (Lipinski definition) is 0. The van der Waals surface area contributed by atoms with Crippen LogP contribution in [0.3, 0.4) is 0 Å². The molecule has 5 fully saturated rings. The summed E-state index contributed by atoms with van der Waals surface area (Å²) in [5.74, 6) is 1.85. The van der Waals surface area contributed by atoms with Crippen molar-refractivity contribution in [2.75, 3.05) is 0 Å². The van der Waals surface area contributed by atoms with E-state index in [2.05, 4.69) is 63.4 Å². The highest BCUT2D eigenvalue weighted by Gasteiger charge is 2.53. The summed E-state index contributed by atoms with van der Waals surface area (Å²) >= 11 is 0. The van der Waals surface area contributed by atoms with Crippen LogP contribution in [0.4, 0.5) is 0 Å². The zero-order valence-electron chi connectivity index (χ0n) is 24.7. The first-order valence-electron chi connectivity index (χ1n) is 15.7. The first kappa shape index (κ1) is 28.9. The molecule has 2 saturated carbocycles. The molecule has 5 aliphatic rings. The van der Waals surface area contributed by atoms with Gasteiger partial charge in [-0.15, -0.1) is 0 Å². The molecule has 1 aromatic rings. The molecular weight excluding hydrogens is 557 g/mol. The molecule has 0 spiro atoms. The summed E-state index contributed by atoms with van der Waals surface area (Å²) in [5, 5.41) is 0. The molecule has 39 heavy (non-hydrogen) atoms. The third kappa shape index (κ3) is 7.44. The molecule has 218 valence electrons. The minimum atomic E-state index is -2.54. The maximum absolute atomic E-state index is 7.34. The van der Waals surface area contributed by atoms with Crippen LogP contribution in [0.5, 0.6) is 0 Å². The van der Waals surface area contributed by atoms with Gasteiger partial charge in [0.15, 0.2) is 0 Å². The van der Waals surface area contributed by atoms with E-state index in [0.717, 1.165) is 30.0 Å². The zero-order valence-corrected chi connectivity index (χ0v) is 28.9. The van der Waals surface area contributed by atoms with Crippen LogP contribution in [0.2, 0.25) is 44.3 Å². The van der Waals surface area contributed by atoms with Crippen molar-refractivity contribution in [3.63, 3.8) is 0 Å². The first-order chi connectivity index (χ1) is 18.6. The molecule has 2 aliphatic carbocycles. The van der Waals surface area contributed by atoms with Gasteiger partial charge in [-0.2, -0.15) is 0 Å². The van der Waals surface area contributed by atoms with Crippen LogP contribution >= 0.6 is 0 Å². The standard InChI is InChI=1S/C29H50O6Si4/c1-22(25-9-7-6-8-10-25)21-39(5)33-36(2)32-37(3,17-15-23-11-13-26-28(19-23)30-26)34-38(4,35-39)18-16-24-12-14-27-29(20-24)31-27/h6-10,22-24,26-29,36H,11-21H2,1-5H3. The normalized spacial score (nSPS) is 46.3. The average Bonchev–Trinajstić information content (AvgIpc) is 3.80. The molecule has 10 heteroatoms. The molecular formula is C29H50O6Si4. The molecule has 3 heterocycles. The van der Waals surface area contributed by atoms with Crippen LogP contribution in [0.1, 0.15) is 69.8 Å². The number of rotatable bonds is 9. The first-order valence-corrected chi connectivity index (χ1v) is 25.4. The van der Waals surface area contributed by atoms with Gasteiger partial charge in [0.2, 0.25) is 0 Å². The van der Waals surface area contributed by atoms with E-state index in [4.69, 9.17) is 25.9 Å².